The van der Waals surface area contributed by atoms with Gasteiger partial charge in [-0.3, -0.25) is 0 Å². The van der Waals surface area contributed by atoms with Gasteiger partial charge in [0.05, 0.1) is 16.4 Å². The van der Waals surface area contributed by atoms with E-state index < -0.39 is 25.9 Å². The molecule has 0 aromatic heterocycles. The molecule has 1 aromatic rings. The Morgan fingerprint density at radius 3 is 2.52 bits per heavy atom. The summed E-state index contributed by atoms with van der Waals surface area (Å²) in [6.07, 6.45) is 0.341. The second-order valence-electron chi connectivity index (χ2n) is 6.44. The standard InChI is InChI=1S/C15H22ClNO4S2/c1-11(2)9-17(14-6-7-22(18,19)10-14)23(20,21)15-8-13(16)5-4-12(15)3/h4-5,8,11,14H,6-7,9-10H2,1-3H3/t14-/m1/s1. The Hall–Kier alpha value is -0.630. The third-order valence-electron chi connectivity index (χ3n) is 3.90. The van der Waals surface area contributed by atoms with Crippen molar-refractivity contribution in [3.05, 3.63) is 28.8 Å². The molecular weight excluding hydrogens is 358 g/mol. The zero-order chi connectivity index (χ0) is 17.4. The molecule has 2 rings (SSSR count). The molecular formula is C15H22ClNO4S2. The van der Waals surface area contributed by atoms with Crippen molar-refractivity contribution in [2.45, 2.75) is 38.1 Å². The Balaban J connectivity index is 2.47. The van der Waals surface area contributed by atoms with Crippen LogP contribution in [0.25, 0.3) is 0 Å². The summed E-state index contributed by atoms with van der Waals surface area (Å²) in [7, 11) is -6.97. The molecule has 0 aliphatic carbocycles. The SMILES string of the molecule is Cc1ccc(Cl)cc1S(=O)(=O)N(CC(C)C)[C@@H]1CCS(=O)(=O)C1. The molecule has 23 heavy (non-hydrogen) atoms. The second kappa shape index (κ2) is 6.70. The summed E-state index contributed by atoms with van der Waals surface area (Å²) >= 11 is 5.96. The molecule has 0 radical (unpaired) electrons. The third-order valence-corrected chi connectivity index (χ3v) is 7.94. The van der Waals surface area contributed by atoms with Crippen LogP contribution in [0.5, 0.6) is 0 Å². The van der Waals surface area contributed by atoms with Crippen LogP contribution in [0.2, 0.25) is 5.02 Å². The molecule has 0 amide bonds. The van der Waals surface area contributed by atoms with Gasteiger partial charge < -0.3 is 0 Å². The minimum Gasteiger partial charge on any atom is -0.229 e. The number of sulfonamides is 1. The first-order valence-electron chi connectivity index (χ1n) is 7.51. The van der Waals surface area contributed by atoms with Crippen molar-refractivity contribution in [1.82, 2.24) is 4.31 Å². The maximum absolute atomic E-state index is 13.1. The van der Waals surface area contributed by atoms with Crippen LogP contribution in [0.3, 0.4) is 0 Å². The van der Waals surface area contributed by atoms with Crippen LogP contribution in [-0.4, -0.2) is 45.2 Å². The number of aryl methyl sites for hydroxylation is 1. The van der Waals surface area contributed by atoms with Gasteiger partial charge in [-0.1, -0.05) is 31.5 Å². The maximum Gasteiger partial charge on any atom is 0.243 e. The molecule has 1 aromatic carbocycles. The average Bonchev–Trinajstić information content (AvgIpc) is 2.78. The van der Waals surface area contributed by atoms with Crippen LogP contribution in [0.15, 0.2) is 23.1 Å². The fraction of sp³-hybridized carbons (Fsp3) is 0.600. The fourth-order valence-electron chi connectivity index (χ4n) is 2.78. The number of hydrogen-bond donors (Lipinski definition) is 0. The first-order valence-corrected chi connectivity index (χ1v) is 11.2. The molecule has 0 unspecified atom stereocenters. The van der Waals surface area contributed by atoms with Gasteiger partial charge in [0.15, 0.2) is 9.84 Å². The highest BCUT2D eigenvalue weighted by molar-refractivity contribution is 7.92. The quantitative estimate of drug-likeness (QED) is 0.787. The van der Waals surface area contributed by atoms with Crippen LogP contribution in [0, 0.1) is 12.8 Å². The lowest BCUT2D eigenvalue weighted by molar-refractivity contribution is 0.307. The minimum atomic E-state index is -3.80. The molecule has 0 spiro atoms. The van der Waals surface area contributed by atoms with Crippen LogP contribution >= 0.6 is 11.6 Å². The molecule has 1 heterocycles. The molecule has 8 heteroatoms. The summed E-state index contributed by atoms with van der Waals surface area (Å²) in [5.41, 5.74) is 0.601. The van der Waals surface area contributed by atoms with E-state index in [1.54, 1.807) is 19.1 Å². The lowest BCUT2D eigenvalue weighted by Crippen LogP contribution is -2.43. The smallest absolute Gasteiger partial charge is 0.229 e. The molecule has 1 aliphatic heterocycles. The van der Waals surface area contributed by atoms with Gasteiger partial charge in [-0.15, -0.1) is 0 Å². The van der Waals surface area contributed by atoms with Crippen molar-refractivity contribution in [3.63, 3.8) is 0 Å². The van der Waals surface area contributed by atoms with E-state index in [-0.39, 0.29) is 28.9 Å². The van der Waals surface area contributed by atoms with Gasteiger partial charge in [-0.25, -0.2) is 16.8 Å². The van der Waals surface area contributed by atoms with E-state index in [0.29, 0.717) is 17.0 Å². The largest absolute Gasteiger partial charge is 0.243 e. The van der Waals surface area contributed by atoms with E-state index in [9.17, 15) is 16.8 Å². The van der Waals surface area contributed by atoms with E-state index in [2.05, 4.69) is 0 Å². The number of benzene rings is 1. The van der Waals surface area contributed by atoms with Gasteiger partial charge in [-0.2, -0.15) is 4.31 Å². The van der Waals surface area contributed by atoms with Crippen molar-refractivity contribution in [2.75, 3.05) is 18.1 Å². The highest BCUT2D eigenvalue weighted by Gasteiger charge is 2.39. The van der Waals surface area contributed by atoms with E-state index in [1.165, 1.54) is 10.4 Å². The Bertz CT molecular complexity index is 788. The van der Waals surface area contributed by atoms with E-state index >= 15 is 0 Å². The molecule has 5 nitrogen and oxygen atoms in total. The average molecular weight is 380 g/mol. The zero-order valence-electron chi connectivity index (χ0n) is 13.5. The number of nitrogens with zero attached hydrogens (tertiary/aromatic N) is 1. The monoisotopic (exact) mass is 379 g/mol. The third kappa shape index (κ3) is 4.26. The van der Waals surface area contributed by atoms with Gasteiger partial charge >= 0.3 is 0 Å². The van der Waals surface area contributed by atoms with Gasteiger partial charge in [0.2, 0.25) is 10.0 Å². The van der Waals surface area contributed by atoms with Crippen molar-refractivity contribution >= 4 is 31.5 Å². The topological polar surface area (TPSA) is 71.5 Å². The lowest BCUT2D eigenvalue weighted by Gasteiger charge is -2.29. The predicted octanol–water partition coefficient (Wildman–Crippen LogP) is 2.48. The highest BCUT2D eigenvalue weighted by Crippen LogP contribution is 2.29. The summed E-state index contributed by atoms with van der Waals surface area (Å²) in [4.78, 5) is 0.148. The Kier molecular flexibility index (Phi) is 5.45. The first kappa shape index (κ1) is 18.7. The van der Waals surface area contributed by atoms with Gasteiger partial charge in [0, 0.05) is 17.6 Å². The molecule has 1 aliphatic rings. The number of sulfone groups is 1. The number of halogens is 1. The molecule has 1 atom stereocenters. The van der Waals surface area contributed by atoms with Crippen LogP contribution in [-0.2, 0) is 19.9 Å². The van der Waals surface area contributed by atoms with Gasteiger partial charge in [0.25, 0.3) is 0 Å². The summed E-state index contributed by atoms with van der Waals surface area (Å²) in [6, 6.07) is 4.23. The van der Waals surface area contributed by atoms with E-state index in [0.717, 1.165) is 0 Å². The Morgan fingerprint density at radius 1 is 1.35 bits per heavy atom. The summed E-state index contributed by atoms with van der Waals surface area (Å²) < 4.78 is 51.1. The van der Waals surface area contributed by atoms with Crippen molar-refractivity contribution in [1.29, 1.82) is 0 Å². The van der Waals surface area contributed by atoms with Crippen molar-refractivity contribution in [3.8, 4) is 0 Å². The minimum absolute atomic E-state index is 0.0380. The van der Waals surface area contributed by atoms with Crippen molar-refractivity contribution < 1.29 is 16.8 Å². The van der Waals surface area contributed by atoms with Crippen LogP contribution in [0.4, 0.5) is 0 Å². The molecule has 0 saturated carbocycles. The molecule has 1 fully saturated rings. The van der Waals surface area contributed by atoms with Gasteiger partial charge in [0.1, 0.15) is 0 Å². The van der Waals surface area contributed by atoms with Crippen LogP contribution in [0.1, 0.15) is 25.8 Å². The zero-order valence-corrected chi connectivity index (χ0v) is 15.9. The van der Waals surface area contributed by atoms with Crippen LogP contribution < -0.4 is 0 Å². The summed E-state index contributed by atoms with van der Waals surface area (Å²) in [6.45, 7) is 5.82. The van der Waals surface area contributed by atoms with E-state index in [1.807, 2.05) is 13.8 Å². The lowest BCUT2D eigenvalue weighted by atomic mass is 10.2. The maximum atomic E-state index is 13.1. The number of rotatable bonds is 5. The van der Waals surface area contributed by atoms with Gasteiger partial charge in [-0.05, 0) is 37.0 Å². The highest BCUT2D eigenvalue weighted by atomic mass is 35.5. The Morgan fingerprint density at radius 2 is 2.00 bits per heavy atom. The van der Waals surface area contributed by atoms with E-state index in [4.69, 9.17) is 11.6 Å². The second-order valence-corrected chi connectivity index (χ2v) is 11.0. The summed E-state index contributed by atoms with van der Waals surface area (Å²) in [5.74, 6) is 0.0158. The van der Waals surface area contributed by atoms with Crippen molar-refractivity contribution in [2.24, 2.45) is 5.92 Å². The molecule has 0 bridgehead atoms. The molecule has 0 N–H and O–H groups in total. The summed E-state index contributed by atoms with van der Waals surface area (Å²) in [5, 5.41) is 0.345. The normalized spacial score (nSPS) is 21.2. The number of hydrogen-bond acceptors (Lipinski definition) is 4. The first-order chi connectivity index (χ1) is 10.5. The molecule has 130 valence electrons. The molecule has 1 saturated heterocycles. The fourth-order valence-corrected chi connectivity index (χ4v) is 6.92. The predicted molar refractivity (Wildman–Crippen MR) is 92.0 cm³/mol. The Labute approximate surface area is 143 Å².